The number of carboxylic acid groups (broad SMARTS) is 1. The van der Waals surface area contributed by atoms with E-state index in [1.165, 1.54) is 12.8 Å². The number of aromatic nitrogens is 1. The second-order valence-electron chi connectivity index (χ2n) is 4.49. The molecule has 1 heterocycles. The van der Waals surface area contributed by atoms with Gasteiger partial charge >= 0.3 is 5.97 Å². The van der Waals surface area contributed by atoms with Crippen LogP contribution in [0.25, 0.3) is 10.9 Å². The van der Waals surface area contributed by atoms with Gasteiger partial charge in [-0.3, -0.25) is 0 Å². The molecular weight excluding hydrogens is 260 g/mol. The Bertz CT molecular complexity index is 592. The van der Waals surface area contributed by atoms with E-state index in [4.69, 9.17) is 5.11 Å². The first-order valence-electron chi connectivity index (χ1n) is 6.37. The summed E-state index contributed by atoms with van der Waals surface area (Å²) in [6.45, 7) is 4.00. The van der Waals surface area contributed by atoms with Crippen LogP contribution in [-0.2, 0) is 0 Å². The van der Waals surface area contributed by atoms with Crippen molar-refractivity contribution in [1.82, 2.24) is 4.98 Å². The van der Waals surface area contributed by atoms with Gasteiger partial charge in [-0.05, 0) is 37.1 Å². The SMILES string of the molecule is CCCCSNc1ccc2[nH]c(C(=O)O)c(C)c2c1. The highest BCUT2D eigenvalue weighted by Gasteiger charge is 2.13. The van der Waals surface area contributed by atoms with Gasteiger partial charge in [0.05, 0.1) is 0 Å². The van der Waals surface area contributed by atoms with Crippen molar-refractivity contribution < 1.29 is 9.90 Å². The van der Waals surface area contributed by atoms with E-state index in [1.54, 1.807) is 11.9 Å². The van der Waals surface area contributed by atoms with E-state index < -0.39 is 5.97 Å². The van der Waals surface area contributed by atoms with Gasteiger partial charge in [-0.1, -0.05) is 25.3 Å². The van der Waals surface area contributed by atoms with Crippen LogP contribution in [-0.4, -0.2) is 21.8 Å². The normalized spacial score (nSPS) is 10.8. The third kappa shape index (κ3) is 3.04. The fourth-order valence-corrected chi connectivity index (χ4v) is 2.78. The molecule has 0 spiro atoms. The smallest absolute Gasteiger partial charge is 0.352 e. The largest absolute Gasteiger partial charge is 0.477 e. The molecule has 0 saturated heterocycles. The standard InChI is InChI=1S/C14H18N2O2S/c1-3-4-7-19-16-10-5-6-12-11(8-10)9(2)13(15-12)14(17)18/h5-6,8,15-16H,3-4,7H2,1-2H3,(H,17,18). The van der Waals surface area contributed by atoms with E-state index in [-0.39, 0.29) is 5.69 Å². The van der Waals surface area contributed by atoms with E-state index in [0.29, 0.717) is 0 Å². The topological polar surface area (TPSA) is 65.1 Å². The van der Waals surface area contributed by atoms with Gasteiger partial charge in [0.15, 0.2) is 0 Å². The first-order valence-corrected chi connectivity index (χ1v) is 7.35. The molecule has 0 aliphatic heterocycles. The van der Waals surface area contributed by atoms with Gasteiger partial charge in [0.1, 0.15) is 5.69 Å². The minimum atomic E-state index is -0.916. The molecule has 1 aromatic heterocycles. The average molecular weight is 278 g/mol. The third-order valence-electron chi connectivity index (χ3n) is 3.06. The number of nitrogens with one attached hydrogen (secondary N) is 2. The number of anilines is 1. The number of aromatic carboxylic acids is 1. The molecular formula is C14H18N2O2S. The molecule has 2 rings (SSSR count). The number of unbranched alkanes of at least 4 members (excludes halogenated alkanes) is 1. The fourth-order valence-electron chi connectivity index (χ4n) is 1.95. The Balaban J connectivity index is 2.20. The molecule has 3 N–H and O–H groups in total. The maximum absolute atomic E-state index is 11.1. The van der Waals surface area contributed by atoms with Crippen molar-refractivity contribution in [3.63, 3.8) is 0 Å². The molecule has 0 aliphatic carbocycles. The summed E-state index contributed by atoms with van der Waals surface area (Å²) in [5.41, 5.74) is 2.92. The summed E-state index contributed by atoms with van der Waals surface area (Å²) in [6.07, 6.45) is 2.37. The monoisotopic (exact) mass is 278 g/mol. The molecule has 0 bridgehead atoms. The number of aryl methyl sites for hydroxylation is 1. The first-order chi connectivity index (χ1) is 9.13. The highest BCUT2D eigenvalue weighted by Crippen LogP contribution is 2.26. The zero-order valence-corrected chi connectivity index (χ0v) is 11.9. The summed E-state index contributed by atoms with van der Waals surface area (Å²) in [6, 6.07) is 5.87. The number of aromatic amines is 1. The van der Waals surface area contributed by atoms with Crippen LogP contribution in [0.1, 0.15) is 35.8 Å². The highest BCUT2D eigenvalue weighted by molar-refractivity contribution is 8.00. The Morgan fingerprint density at radius 1 is 1.47 bits per heavy atom. The number of fused-ring (bicyclic) bond motifs is 1. The molecule has 0 atom stereocenters. The number of hydrogen-bond acceptors (Lipinski definition) is 3. The summed E-state index contributed by atoms with van der Waals surface area (Å²) in [7, 11) is 0. The van der Waals surface area contributed by atoms with E-state index in [1.807, 2.05) is 25.1 Å². The molecule has 4 nitrogen and oxygen atoms in total. The van der Waals surface area contributed by atoms with Crippen LogP contribution in [0.4, 0.5) is 5.69 Å². The van der Waals surface area contributed by atoms with Crippen LogP contribution in [0.2, 0.25) is 0 Å². The number of H-pyrrole nitrogens is 1. The van der Waals surface area contributed by atoms with Crippen LogP contribution in [0.15, 0.2) is 18.2 Å². The van der Waals surface area contributed by atoms with Crippen LogP contribution in [0.3, 0.4) is 0 Å². The third-order valence-corrected chi connectivity index (χ3v) is 3.93. The zero-order chi connectivity index (χ0) is 13.8. The van der Waals surface area contributed by atoms with Crippen molar-refractivity contribution in [2.24, 2.45) is 0 Å². The molecule has 0 amide bonds. The van der Waals surface area contributed by atoms with Crippen LogP contribution < -0.4 is 4.72 Å². The van der Waals surface area contributed by atoms with Crippen LogP contribution in [0, 0.1) is 6.92 Å². The van der Waals surface area contributed by atoms with E-state index >= 15 is 0 Å². The summed E-state index contributed by atoms with van der Waals surface area (Å²) < 4.78 is 3.29. The Morgan fingerprint density at radius 2 is 2.26 bits per heavy atom. The highest BCUT2D eigenvalue weighted by atomic mass is 32.2. The molecule has 0 fully saturated rings. The lowest BCUT2D eigenvalue weighted by molar-refractivity contribution is 0.0691. The Kier molecular flexibility index (Phi) is 4.37. The number of carboxylic acids is 1. The summed E-state index contributed by atoms with van der Waals surface area (Å²) in [5, 5.41) is 10.0. The second-order valence-corrected chi connectivity index (χ2v) is 5.40. The molecule has 0 aliphatic rings. The molecule has 1 aromatic carbocycles. The molecule has 102 valence electrons. The maximum atomic E-state index is 11.1. The number of benzene rings is 1. The predicted molar refractivity (Wildman–Crippen MR) is 81.0 cm³/mol. The van der Waals surface area contributed by atoms with Gasteiger partial charge in [-0.2, -0.15) is 0 Å². The average Bonchev–Trinajstić information content (AvgIpc) is 2.72. The number of hydrogen-bond donors (Lipinski definition) is 3. The molecule has 2 aromatic rings. The summed E-state index contributed by atoms with van der Waals surface area (Å²) >= 11 is 1.68. The fraction of sp³-hybridized carbons (Fsp3) is 0.357. The van der Waals surface area contributed by atoms with Crippen molar-refractivity contribution in [3.05, 3.63) is 29.5 Å². The second kappa shape index (κ2) is 6.02. The van der Waals surface area contributed by atoms with Crippen LogP contribution in [0.5, 0.6) is 0 Å². The Hall–Kier alpha value is -1.62. The van der Waals surface area contributed by atoms with Gasteiger partial charge in [0, 0.05) is 22.3 Å². The minimum absolute atomic E-state index is 0.269. The lowest BCUT2D eigenvalue weighted by Gasteiger charge is -2.05. The van der Waals surface area contributed by atoms with Crippen molar-refractivity contribution in [1.29, 1.82) is 0 Å². The lowest BCUT2D eigenvalue weighted by Crippen LogP contribution is -1.97. The molecule has 5 heteroatoms. The predicted octanol–water partition coefficient (Wildman–Crippen LogP) is 4.03. The van der Waals surface area contributed by atoms with Crippen LogP contribution >= 0.6 is 11.9 Å². The van der Waals surface area contributed by atoms with E-state index in [0.717, 1.165) is 27.9 Å². The number of rotatable bonds is 6. The van der Waals surface area contributed by atoms with Crippen molar-refractivity contribution in [2.75, 3.05) is 10.5 Å². The Labute approximate surface area is 116 Å². The van der Waals surface area contributed by atoms with Crippen molar-refractivity contribution in [2.45, 2.75) is 26.7 Å². The van der Waals surface area contributed by atoms with Gasteiger partial charge in [-0.25, -0.2) is 4.79 Å². The summed E-state index contributed by atoms with van der Waals surface area (Å²) in [4.78, 5) is 14.0. The van der Waals surface area contributed by atoms with Crippen molar-refractivity contribution in [3.8, 4) is 0 Å². The van der Waals surface area contributed by atoms with Gasteiger partial charge in [-0.15, -0.1) is 0 Å². The molecule has 0 unspecified atom stereocenters. The van der Waals surface area contributed by atoms with E-state index in [2.05, 4.69) is 16.6 Å². The van der Waals surface area contributed by atoms with Gasteiger partial charge in [0.2, 0.25) is 0 Å². The van der Waals surface area contributed by atoms with Gasteiger partial charge in [0.25, 0.3) is 0 Å². The number of carbonyl (C=O) groups is 1. The van der Waals surface area contributed by atoms with E-state index in [9.17, 15) is 4.79 Å². The summed E-state index contributed by atoms with van der Waals surface area (Å²) in [5.74, 6) is 0.154. The van der Waals surface area contributed by atoms with Crippen molar-refractivity contribution >= 4 is 34.5 Å². The zero-order valence-electron chi connectivity index (χ0n) is 11.1. The molecule has 19 heavy (non-hydrogen) atoms. The quantitative estimate of drug-likeness (QED) is 0.551. The lowest BCUT2D eigenvalue weighted by atomic mass is 10.1. The molecule has 0 radical (unpaired) electrons. The Morgan fingerprint density at radius 3 is 2.95 bits per heavy atom. The molecule has 0 saturated carbocycles. The van der Waals surface area contributed by atoms with Gasteiger partial charge < -0.3 is 14.8 Å². The maximum Gasteiger partial charge on any atom is 0.352 e. The minimum Gasteiger partial charge on any atom is -0.477 e. The first kappa shape index (κ1) is 13.8.